The Hall–Kier alpha value is -3.42. The topological polar surface area (TPSA) is 61.8 Å². The maximum absolute atomic E-state index is 11.7. The van der Waals surface area contributed by atoms with Crippen LogP contribution >= 0.6 is 0 Å². The number of aliphatic hydroxyl groups is 1. The monoisotopic (exact) mass is 339 g/mol. The fraction of sp³-hybridized carbons (Fsp3) is 0.0909. The molecule has 0 aliphatic rings. The molecule has 0 spiro atoms. The summed E-state index contributed by atoms with van der Waals surface area (Å²) < 4.78 is 1.85. The molecule has 0 aliphatic carbocycles. The summed E-state index contributed by atoms with van der Waals surface area (Å²) >= 11 is 0. The van der Waals surface area contributed by atoms with Crippen LogP contribution < -0.4 is 0 Å². The molecule has 4 aromatic rings. The van der Waals surface area contributed by atoms with Crippen molar-refractivity contribution >= 4 is 10.8 Å². The number of hydrogen-bond acceptors (Lipinski definition) is 3. The molecule has 4 heteroatoms. The van der Waals surface area contributed by atoms with Crippen molar-refractivity contribution in [3.63, 3.8) is 0 Å². The molecule has 1 atom stereocenters. The van der Waals surface area contributed by atoms with E-state index >= 15 is 0 Å². The molecule has 1 heterocycles. The molecule has 0 saturated heterocycles. The van der Waals surface area contributed by atoms with Crippen LogP contribution in [0.4, 0.5) is 0 Å². The van der Waals surface area contributed by atoms with Crippen molar-refractivity contribution in [3.8, 4) is 6.07 Å². The Morgan fingerprint density at radius 2 is 1.69 bits per heavy atom. The Morgan fingerprint density at radius 3 is 2.38 bits per heavy atom. The van der Waals surface area contributed by atoms with E-state index in [1.54, 1.807) is 24.7 Å². The number of benzene rings is 3. The number of aromatic nitrogens is 2. The number of fused-ring (bicyclic) bond motifs is 1. The third kappa shape index (κ3) is 2.85. The van der Waals surface area contributed by atoms with Gasteiger partial charge >= 0.3 is 0 Å². The molecule has 1 N–H and O–H groups in total. The zero-order chi connectivity index (χ0) is 18.0. The highest BCUT2D eigenvalue weighted by Gasteiger charge is 2.32. The molecule has 0 fully saturated rings. The lowest BCUT2D eigenvalue weighted by atomic mass is 9.84. The maximum atomic E-state index is 11.7. The van der Waals surface area contributed by atoms with Crippen LogP contribution in [-0.4, -0.2) is 14.7 Å². The lowest BCUT2D eigenvalue weighted by Gasteiger charge is -2.30. The van der Waals surface area contributed by atoms with Crippen LogP contribution in [0.2, 0.25) is 0 Å². The average Bonchev–Trinajstić information content (AvgIpc) is 3.20. The molecule has 4 rings (SSSR count). The predicted molar refractivity (Wildman–Crippen MR) is 100 cm³/mol. The van der Waals surface area contributed by atoms with Gasteiger partial charge in [-0.05, 0) is 40.1 Å². The van der Waals surface area contributed by atoms with Crippen molar-refractivity contribution in [2.45, 2.75) is 12.1 Å². The van der Waals surface area contributed by atoms with Crippen molar-refractivity contribution in [2.75, 3.05) is 0 Å². The number of rotatable bonds is 4. The van der Waals surface area contributed by atoms with E-state index in [4.69, 9.17) is 5.26 Å². The van der Waals surface area contributed by atoms with Gasteiger partial charge in [0.15, 0.2) is 0 Å². The first-order chi connectivity index (χ1) is 12.7. The average molecular weight is 339 g/mol. The maximum Gasteiger partial charge on any atom is 0.132 e. The minimum Gasteiger partial charge on any atom is -0.378 e. The van der Waals surface area contributed by atoms with Gasteiger partial charge in [-0.3, -0.25) is 0 Å². The molecule has 4 nitrogen and oxygen atoms in total. The summed E-state index contributed by atoms with van der Waals surface area (Å²) in [4.78, 5) is 4.08. The third-order valence-corrected chi connectivity index (χ3v) is 4.69. The first-order valence-electron chi connectivity index (χ1n) is 8.37. The van der Waals surface area contributed by atoms with Gasteiger partial charge in [-0.1, -0.05) is 48.5 Å². The van der Waals surface area contributed by atoms with Gasteiger partial charge in [0.1, 0.15) is 5.60 Å². The fourth-order valence-electron chi connectivity index (χ4n) is 3.26. The van der Waals surface area contributed by atoms with Gasteiger partial charge in [-0.15, -0.1) is 0 Å². The summed E-state index contributed by atoms with van der Waals surface area (Å²) in [6, 6.07) is 23.3. The van der Waals surface area contributed by atoms with Gasteiger partial charge in [0, 0.05) is 12.4 Å². The highest BCUT2D eigenvalue weighted by Crippen LogP contribution is 2.33. The summed E-state index contributed by atoms with van der Waals surface area (Å²) in [5.41, 5.74) is 0.867. The Labute approximate surface area is 151 Å². The standard InChI is InChI=1S/C22H17N3O/c23-14-17-5-8-20(9-6-17)22(26,15-25-12-11-24-16-25)21-10-7-18-3-1-2-4-19(18)13-21/h1-13,16,26H,15H2. The van der Waals surface area contributed by atoms with E-state index in [-0.39, 0.29) is 0 Å². The number of nitriles is 1. The summed E-state index contributed by atoms with van der Waals surface area (Å²) in [5, 5.41) is 23.0. The van der Waals surface area contributed by atoms with Crippen LogP contribution in [0.1, 0.15) is 16.7 Å². The van der Waals surface area contributed by atoms with Crippen molar-refractivity contribution < 1.29 is 5.11 Å². The molecule has 0 aliphatic heterocycles. The molecule has 1 unspecified atom stereocenters. The van der Waals surface area contributed by atoms with Gasteiger partial charge in [-0.2, -0.15) is 5.26 Å². The Kier molecular flexibility index (Phi) is 4.00. The molecule has 3 aromatic carbocycles. The molecule has 0 radical (unpaired) electrons. The van der Waals surface area contributed by atoms with Crippen LogP contribution in [0.15, 0.2) is 85.5 Å². The van der Waals surface area contributed by atoms with E-state index in [2.05, 4.69) is 17.1 Å². The minimum atomic E-state index is -1.24. The van der Waals surface area contributed by atoms with Gasteiger partial charge in [0.05, 0.1) is 24.5 Å². The molecule has 0 amide bonds. The van der Waals surface area contributed by atoms with Crippen molar-refractivity contribution in [1.29, 1.82) is 5.26 Å². The highest BCUT2D eigenvalue weighted by atomic mass is 16.3. The summed E-state index contributed by atoms with van der Waals surface area (Å²) in [5.74, 6) is 0. The first kappa shape index (κ1) is 16.1. The van der Waals surface area contributed by atoms with Crippen molar-refractivity contribution in [3.05, 3.63) is 102 Å². The van der Waals surface area contributed by atoms with Crippen LogP contribution in [0.25, 0.3) is 10.8 Å². The van der Waals surface area contributed by atoms with Crippen LogP contribution in [0.3, 0.4) is 0 Å². The largest absolute Gasteiger partial charge is 0.378 e. The second-order valence-corrected chi connectivity index (χ2v) is 6.35. The van der Waals surface area contributed by atoms with Gasteiger partial charge in [0.25, 0.3) is 0 Å². The smallest absolute Gasteiger partial charge is 0.132 e. The molecular weight excluding hydrogens is 322 g/mol. The number of hydrogen-bond donors (Lipinski definition) is 1. The van der Waals surface area contributed by atoms with Gasteiger partial charge < -0.3 is 9.67 Å². The predicted octanol–water partition coefficient (Wildman–Crippen LogP) is 3.84. The molecule has 0 saturated carbocycles. The Morgan fingerprint density at radius 1 is 0.962 bits per heavy atom. The summed E-state index contributed by atoms with van der Waals surface area (Å²) in [7, 11) is 0. The zero-order valence-electron chi connectivity index (χ0n) is 14.1. The van der Waals surface area contributed by atoms with Crippen LogP contribution in [-0.2, 0) is 12.1 Å². The van der Waals surface area contributed by atoms with Gasteiger partial charge in [0.2, 0.25) is 0 Å². The fourth-order valence-corrected chi connectivity index (χ4v) is 3.26. The third-order valence-electron chi connectivity index (χ3n) is 4.69. The molecule has 126 valence electrons. The lowest BCUT2D eigenvalue weighted by Crippen LogP contribution is -2.32. The molecular formula is C22H17N3O. The Balaban J connectivity index is 1.86. The summed E-state index contributed by atoms with van der Waals surface area (Å²) in [6.45, 7) is 0.331. The van der Waals surface area contributed by atoms with E-state index in [1.807, 2.05) is 59.3 Å². The molecule has 1 aromatic heterocycles. The van der Waals surface area contributed by atoms with E-state index in [0.717, 1.165) is 21.9 Å². The normalized spacial score (nSPS) is 13.2. The molecule has 0 bridgehead atoms. The zero-order valence-corrected chi connectivity index (χ0v) is 14.1. The molecule has 26 heavy (non-hydrogen) atoms. The second-order valence-electron chi connectivity index (χ2n) is 6.35. The van der Waals surface area contributed by atoms with Crippen LogP contribution in [0, 0.1) is 11.3 Å². The van der Waals surface area contributed by atoms with Crippen molar-refractivity contribution in [2.24, 2.45) is 0 Å². The summed E-state index contributed by atoms with van der Waals surface area (Å²) in [6.07, 6.45) is 5.21. The van der Waals surface area contributed by atoms with E-state index < -0.39 is 5.60 Å². The SMILES string of the molecule is N#Cc1ccc(C(O)(Cn2ccnc2)c2ccc3ccccc3c2)cc1. The van der Waals surface area contributed by atoms with E-state index in [0.29, 0.717) is 12.1 Å². The van der Waals surface area contributed by atoms with E-state index in [9.17, 15) is 5.11 Å². The highest BCUT2D eigenvalue weighted by molar-refractivity contribution is 5.83. The van der Waals surface area contributed by atoms with E-state index in [1.165, 1.54) is 0 Å². The van der Waals surface area contributed by atoms with Crippen molar-refractivity contribution in [1.82, 2.24) is 9.55 Å². The number of nitrogens with zero attached hydrogens (tertiary/aromatic N) is 3. The second kappa shape index (κ2) is 6.47. The quantitative estimate of drug-likeness (QED) is 0.614. The Bertz CT molecular complexity index is 1080. The van der Waals surface area contributed by atoms with Crippen LogP contribution in [0.5, 0.6) is 0 Å². The minimum absolute atomic E-state index is 0.331. The first-order valence-corrected chi connectivity index (χ1v) is 8.37. The number of imidazole rings is 1. The lowest BCUT2D eigenvalue weighted by molar-refractivity contribution is 0.0613. The van der Waals surface area contributed by atoms with Gasteiger partial charge in [-0.25, -0.2) is 4.98 Å².